The van der Waals surface area contributed by atoms with Gasteiger partial charge in [-0.1, -0.05) is 6.92 Å². The van der Waals surface area contributed by atoms with Crippen molar-refractivity contribution in [2.45, 2.75) is 31.4 Å². The number of rotatable bonds is 4. The zero-order valence-corrected chi connectivity index (χ0v) is 7.31. The van der Waals surface area contributed by atoms with E-state index in [1.54, 1.807) is 0 Å². The van der Waals surface area contributed by atoms with E-state index >= 15 is 0 Å². The lowest BCUT2D eigenvalue weighted by molar-refractivity contribution is -0.228. The smallest absolute Gasteiger partial charge is 0.241 e. The van der Waals surface area contributed by atoms with Gasteiger partial charge in [0.15, 0.2) is 6.17 Å². The van der Waals surface area contributed by atoms with Gasteiger partial charge in [-0.3, -0.25) is 0 Å². The zero-order chi connectivity index (χ0) is 12.4. The first kappa shape index (κ1) is 14.2. The molecule has 1 unspecified atom stereocenters. The minimum atomic E-state index is -5.85. The maximum atomic E-state index is 12.5. The van der Waals surface area contributed by atoms with Crippen LogP contribution >= 0.6 is 0 Å². The van der Waals surface area contributed by atoms with Gasteiger partial charge in [0, 0.05) is 0 Å². The van der Waals surface area contributed by atoms with E-state index in [0.29, 0.717) is 0 Å². The van der Waals surface area contributed by atoms with Crippen molar-refractivity contribution in [2.24, 2.45) is 0 Å². The lowest BCUT2D eigenvalue weighted by Gasteiger charge is -2.26. The molecule has 0 heterocycles. The Balaban J connectivity index is 5.28. The highest BCUT2D eigenvalue weighted by molar-refractivity contribution is 5.12. The maximum Gasteiger partial charge on any atom is 0.369 e. The number of halogens is 8. The topological polar surface area (TPSA) is 0 Å². The summed E-state index contributed by atoms with van der Waals surface area (Å²) in [5.41, 5.74) is 0. The third kappa shape index (κ3) is 2.40. The molecule has 0 saturated heterocycles. The molecular formula is C7H6F8. The van der Waals surface area contributed by atoms with Crippen molar-refractivity contribution in [3.05, 3.63) is 11.9 Å². The molecular weight excluding hydrogens is 236 g/mol. The average Bonchev–Trinajstić information content (AvgIpc) is 2.14. The Morgan fingerprint density at radius 2 is 1.47 bits per heavy atom. The van der Waals surface area contributed by atoms with Crippen LogP contribution in [-0.4, -0.2) is 18.0 Å². The van der Waals surface area contributed by atoms with E-state index in [-0.39, 0.29) is 0 Å². The molecule has 0 aliphatic heterocycles. The molecule has 0 aromatic heterocycles. The molecule has 15 heavy (non-hydrogen) atoms. The van der Waals surface area contributed by atoms with E-state index in [9.17, 15) is 35.1 Å². The Hall–Kier alpha value is -0.820. The van der Waals surface area contributed by atoms with Crippen LogP contribution in [0.5, 0.6) is 0 Å². The van der Waals surface area contributed by atoms with E-state index < -0.39 is 36.3 Å². The minimum absolute atomic E-state index is 0.794. The number of hydrogen-bond acceptors (Lipinski definition) is 0. The van der Waals surface area contributed by atoms with Crippen LogP contribution in [0.25, 0.3) is 0 Å². The van der Waals surface area contributed by atoms with Gasteiger partial charge in [0.2, 0.25) is 5.83 Å². The average molecular weight is 242 g/mol. The molecule has 8 heteroatoms. The van der Waals surface area contributed by atoms with Crippen LogP contribution < -0.4 is 0 Å². The highest BCUT2D eigenvalue weighted by Gasteiger charge is 2.65. The number of allylic oxidation sites excluding steroid dienone is 1. The summed E-state index contributed by atoms with van der Waals surface area (Å²) in [5, 5.41) is 0. The van der Waals surface area contributed by atoms with Gasteiger partial charge in [0.25, 0.3) is 0 Å². The highest BCUT2D eigenvalue weighted by atomic mass is 19.3. The second kappa shape index (κ2) is 4.36. The predicted molar refractivity (Wildman–Crippen MR) is 35.4 cm³/mol. The molecule has 0 fully saturated rings. The summed E-state index contributed by atoms with van der Waals surface area (Å²) in [6, 6.07) is 0. The standard InChI is InChI=1S/C7H6F8/c1-2-3(8)6(12,13)7(14,15)4(9)5(10)11/h3H,2H2,1H3. The Labute approximate surface area is 79.6 Å². The molecule has 0 N–H and O–H groups in total. The molecule has 0 saturated carbocycles. The monoisotopic (exact) mass is 242 g/mol. The summed E-state index contributed by atoms with van der Waals surface area (Å²) in [5.74, 6) is -15.0. The SMILES string of the molecule is CCC(F)C(F)(F)C(F)(F)C(F)=C(F)F. The van der Waals surface area contributed by atoms with Crippen LogP contribution in [0, 0.1) is 0 Å². The first-order valence-electron chi connectivity index (χ1n) is 3.70. The molecule has 0 bridgehead atoms. The van der Waals surface area contributed by atoms with Gasteiger partial charge >= 0.3 is 17.9 Å². The number of alkyl halides is 5. The summed E-state index contributed by atoms with van der Waals surface area (Å²) < 4.78 is 96.9. The fourth-order valence-corrected chi connectivity index (χ4v) is 0.718. The maximum absolute atomic E-state index is 12.5. The second-order valence-corrected chi connectivity index (χ2v) is 2.65. The molecule has 0 aromatic carbocycles. The van der Waals surface area contributed by atoms with Crippen molar-refractivity contribution in [1.29, 1.82) is 0 Å². The Kier molecular flexibility index (Phi) is 4.12. The quantitative estimate of drug-likeness (QED) is 0.651. The van der Waals surface area contributed by atoms with Crippen LogP contribution in [0.3, 0.4) is 0 Å². The fourth-order valence-electron chi connectivity index (χ4n) is 0.718. The van der Waals surface area contributed by atoms with E-state index in [1.165, 1.54) is 0 Å². The third-order valence-electron chi connectivity index (χ3n) is 1.61. The second-order valence-electron chi connectivity index (χ2n) is 2.65. The lowest BCUT2D eigenvalue weighted by Crippen LogP contribution is -2.48. The molecule has 1 atom stereocenters. The first-order valence-corrected chi connectivity index (χ1v) is 3.70. The zero-order valence-electron chi connectivity index (χ0n) is 7.31. The van der Waals surface area contributed by atoms with Gasteiger partial charge in [-0.15, -0.1) is 0 Å². The Morgan fingerprint density at radius 1 is 1.07 bits per heavy atom. The largest absolute Gasteiger partial charge is 0.369 e. The van der Waals surface area contributed by atoms with Crippen molar-refractivity contribution in [2.75, 3.05) is 0 Å². The molecule has 0 aliphatic rings. The summed E-state index contributed by atoms with van der Waals surface area (Å²) in [6.45, 7) is 0.794. The van der Waals surface area contributed by atoms with Gasteiger partial charge in [-0.2, -0.15) is 30.7 Å². The van der Waals surface area contributed by atoms with Gasteiger partial charge in [-0.05, 0) is 6.42 Å². The van der Waals surface area contributed by atoms with Crippen molar-refractivity contribution in [3.63, 3.8) is 0 Å². The lowest BCUT2D eigenvalue weighted by atomic mass is 10.0. The van der Waals surface area contributed by atoms with E-state index in [2.05, 4.69) is 0 Å². The van der Waals surface area contributed by atoms with Crippen LogP contribution in [-0.2, 0) is 0 Å². The van der Waals surface area contributed by atoms with Crippen LogP contribution in [0.1, 0.15) is 13.3 Å². The highest BCUT2D eigenvalue weighted by Crippen LogP contribution is 2.45. The van der Waals surface area contributed by atoms with Gasteiger partial charge in [0.05, 0.1) is 0 Å². The van der Waals surface area contributed by atoms with Crippen LogP contribution in [0.4, 0.5) is 35.1 Å². The first-order chi connectivity index (χ1) is 6.59. The molecule has 0 aromatic rings. The van der Waals surface area contributed by atoms with Gasteiger partial charge in [-0.25, -0.2) is 4.39 Å². The van der Waals surface area contributed by atoms with E-state index in [0.717, 1.165) is 6.92 Å². The van der Waals surface area contributed by atoms with Crippen LogP contribution in [0.2, 0.25) is 0 Å². The van der Waals surface area contributed by atoms with E-state index in [1.807, 2.05) is 0 Å². The van der Waals surface area contributed by atoms with Crippen molar-refractivity contribution < 1.29 is 35.1 Å². The summed E-state index contributed by atoms with van der Waals surface area (Å²) in [4.78, 5) is 0. The molecule has 0 radical (unpaired) electrons. The van der Waals surface area contributed by atoms with Crippen molar-refractivity contribution >= 4 is 0 Å². The molecule has 0 rings (SSSR count). The predicted octanol–water partition coefficient (Wildman–Crippen LogP) is 4.08. The number of hydrogen-bond donors (Lipinski definition) is 0. The van der Waals surface area contributed by atoms with Crippen molar-refractivity contribution in [3.8, 4) is 0 Å². The molecule has 0 aliphatic carbocycles. The van der Waals surface area contributed by atoms with Gasteiger partial charge < -0.3 is 0 Å². The minimum Gasteiger partial charge on any atom is -0.241 e. The molecule has 0 nitrogen and oxygen atoms in total. The van der Waals surface area contributed by atoms with Crippen LogP contribution in [0.15, 0.2) is 11.9 Å². The van der Waals surface area contributed by atoms with Gasteiger partial charge in [0.1, 0.15) is 0 Å². The summed E-state index contributed by atoms with van der Waals surface area (Å²) in [7, 11) is 0. The Morgan fingerprint density at radius 3 is 1.73 bits per heavy atom. The fraction of sp³-hybridized carbons (Fsp3) is 0.714. The molecule has 0 amide bonds. The molecule has 90 valence electrons. The Bertz CT molecular complexity index is 252. The summed E-state index contributed by atoms with van der Waals surface area (Å²) in [6.07, 6.45) is -8.05. The molecule has 0 spiro atoms. The van der Waals surface area contributed by atoms with E-state index in [4.69, 9.17) is 0 Å². The summed E-state index contributed by atoms with van der Waals surface area (Å²) >= 11 is 0. The third-order valence-corrected chi connectivity index (χ3v) is 1.61. The normalized spacial score (nSPS) is 15.0. The van der Waals surface area contributed by atoms with Crippen molar-refractivity contribution in [1.82, 2.24) is 0 Å².